The second-order valence-corrected chi connectivity index (χ2v) is 8.17. The summed E-state index contributed by atoms with van der Waals surface area (Å²) in [6, 6.07) is 8.77. The number of hydrogen-bond acceptors (Lipinski definition) is 3. The first kappa shape index (κ1) is 17.2. The lowest BCUT2D eigenvalue weighted by molar-refractivity contribution is 0.517. The van der Waals surface area contributed by atoms with Crippen LogP contribution in [0.2, 0.25) is 0 Å². The summed E-state index contributed by atoms with van der Waals surface area (Å²) in [7, 11) is -2.90. The molecular formula is C16H27NO2S. The van der Waals surface area contributed by atoms with E-state index < -0.39 is 9.84 Å². The van der Waals surface area contributed by atoms with Gasteiger partial charge in [0.1, 0.15) is 9.84 Å². The smallest absolute Gasteiger partial charge is 0.150 e. The van der Waals surface area contributed by atoms with Crippen molar-refractivity contribution in [3.05, 3.63) is 35.4 Å². The summed E-state index contributed by atoms with van der Waals surface area (Å²) in [5, 5.41) is 3.42. The van der Waals surface area contributed by atoms with Crippen LogP contribution in [0.1, 0.15) is 44.2 Å². The lowest BCUT2D eigenvalue weighted by atomic mass is 9.95. The van der Waals surface area contributed by atoms with E-state index in [1.807, 2.05) is 6.07 Å². The van der Waals surface area contributed by atoms with E-state index in [0.29, 0.717) is 12.5 Å². The molecule has 0 aromatic heterocycles. The zero-order valence-corrected chi connectivity index (χ0v) is 13.8. The van der Waals surface area contributed by atoms with Gasteiger partial charge in [-0.2, -0.15) is 0 Å². The molecule has 0 bridgehead atoms. The largest absolute Gasteiger partial charge is 0.314 e. The van der Waals surface area contributed by atoms with Gasteiger partial charge in [-0.3, -0.25) is 0 Å². The number of benzene rings is 1. The third kappa shape index (κ3) is 6.06. The standard InChI is InChI=1S/C16H27NO2S/c1-5-20(18,19)10-9-16(12-17-13(2)3)15-8-6-7-14(4)11-15/h6-8,11,13,16-17H,5,9-10,12H2,1-4H3. The van der Waals surface area contributed by atoms with Gasteiger partial charge in [0.05, 0.1) is 5.75 Å². The fraction of sp³-hybridized carbons (Fsp3) is 0.625. The molecule has 0 radical (unpaired) electrons. The Labute approximate surface area is 123 Å². The summed E-state index contributed by atoms with van der Waals surface area (Å²) in [5.41, 5.74) is 2.44. The van der Waals surface area contributed by atoms with E-state index in [2.05, 4.69) is 44.3 Å². The van der Waals surface area contributed by atoms with Crippen LogP contribution >= 0.6 is 0 Å². The van der Waals surface area contributed by atoms with Crippen molar-refractivity contribution < 1.29 is 8.42 Å². The lowest BCUT2D eigenvalue weighted by Gasteiger charge is -2.20. The average molecular weight is 297 g/mol. The summed E-state index contributed by atoms with van der Waals surface area (Å²) in [6.45, 7) is 8.81. The van der Waals surface area contributed by atoms with Gasteiger partial charge in [-0.1, -0.05) is 50.6 Å². The molecule has 0 aliphatic carbocycles. The molecule has 0 fully saturated rings. The Hall–Kier alpha value is -0.870. The topological polar surface area (TPSA) is 46.2 Å². The van der Waals surface area contributed by atoms with E-state index in [1.54, 1.807) is 6.92 Å². The van der Waals surface area contributed by atoms with E-state index in [0.717, 1.165) is 6.54 Å². The molecule has 0 saturated carbocycles. The maximum atomic E-state index is 11.7. The molecule has 3 nitrogen and oxygen atoms in total. The highest BCUT2D eigenvalue weighted by atomic mass is 32.2. The molecule has 1 rings (SSSR count). The maximum Gasteiger partial charge on any atom is 0.150 e. The van der Waals surface area contributed by atoms with Gasteiger partial charge in [-0.05, 0) is 24.8 Å². The number of aryl methyl sites for hydroxylation is 1. The van der Waals surface area contributed by atoms with E-state index in [-0.39, 0.29) is 17.4 Å². The van der Waals surface area contributed by atoms with Crippen molar-refractivity contribution >= 4 is 9.84 Å². The third-order valence-electron chi connectivity index (χ3n) is 3.50. The molecule has 0 aliphatic heterocycles. The first-order valence-electron chi connectivity index (χ1n) is 7.34. The predicted octanol–water partition coefficient (Wildman–Crippen LogP) is 2.90. The predicted molar refractivity (Wildman–Crippen MR) is 86.0 cm³/mol. The zero-order chi connectivity index (χ0) is 15.2. The van der Waals surface area contributed by atoms with Gasteiger partial charge in [0.15, 0.2) is 0 Å². The van der Waals surface area contributed by atoms with Gasteiger partial charge in [0.25, 0.3) is 0 Å². The van der Waals surface area contributed by atoms with Crippen LogP contribution < -0.4 is 5.32 Å². The second-order valence-electron chi connectivity index (χ2n) is 5.70. The Morgan fingerprint density at radius 1 is 1.25 bits per heavy atom. The van der Waals surface area contributed by atoms with E-state index in [4.69, 9.17) is 0 Å². The molecule has 0 heterocycles. The molecule has 20 heavy (non-hydrogen) atoms. The number of hydrogen-bond donors (Lipinski definition) is 1. The molecule has 1 aromatic carbocycles. The van der Waals surface area contributed by atoms with Gasteiger partial charge in [-0.15, -0.1) is 0 Å². The highest BCUT2D eigenvalue weighted by molar-refractivity contribution is 7.91. The lowest BCUT2D eigenvalue weighted by Crippen LogP contribution is -2.29. The Morgan fingerprint density at radius 3 is 2.50 bits per heavy atom. The van der Waals surface area contributed by atoms with Crippen LogP contribution in [0, 0.1) is 6.92 Å². The van der Waals surface area contributed by atoms with Crippen LogP contribution in [-0.2, 0) is 9.84 Å². The molecule has 1 aromatic rings. The molecular weight excluding hydrogens is 270 g/mol. The second kappa shape index (κ2) is 7.79. The molecule has 1 unspecified atom stereocenters. The number of nitrogens with one attached hydrogen (secondary N) is 1. The normalized spacial score (nSPS) is 13.7. The van der Waals surface area contributed by atoms with E-state index in [1.165, 1.54) is 11.1 Å². The van der Waals surface area contributed by atoms with Gasteiger partial charge >= 0.3 is 0 Å². The van der Waals surface area contributed by atoms with Crippen LogP contribution in [0.4, 0.5) is 0 Å². The van der Waals surface area contributed by atoms with Gasteiger partial charge in [0, 0.05) is 18.3 Å². The van der Waals surface area contributed by atoms with Crippen molar-refractivity contribution in [2.45, 2.75) is 46.1 Å². The Bertz CT molecular complexity index is 509. The van der Waals surface area contributed by atoms with E-state index in [9.17, 15) is 8.42 Å². The minimum Gasteiger partial charge on any atom is -0.314 e. The minimum atomic E-state index is -2.90. The molecule has 0 spiro atoms. The van der Waals surface area contributed by atoms with Gasteiger partial charge in [-0.25, -0.2) is 8.42 Å². The van der Waals surface area contributed by atoms with Crippen LogP contribution in [0.15, 0.2) is 24.3 Å². The molecule has 0 saturated heterocycles. The molecule has 114 valence electrons. The van der Waals surface area contributed by atoms with Crippen molar-refractivity contribution in [3.8, 4) is 0 Å². The summed E-state index contributed by atoms with van der Waals surface area (Å²) < 4.78 is 23.4. The van der Waals surface area contributed by atoms with Crippen molar-refractivity contribution in [1.29, 1.82) is 0 Å². The van der Waals surface area contributed by atoms with Crippen molar-refractivity contribution in [2.24, 2.45) is 0 Å². The average Bonchev–Trinajstić information content (AvgIpc) is 2.38. The van der Waals surface area contributed by atoms with Crippen LogP contribution in [0.5, 0.6) is 0 Å². The highest BCUT2D eigenvalue weighted by Crippen LogP contribution is 2.21. The highest BCUT2D eigenvalue weighted by Gasteiger charge is 2.16. The third-order valence-corrected chi connectivity index (χ3v) is 5.24. The van der Waals surface area contributed by atoms with Crippen LogP contribution in [0.3, 0.4) is 0 Å². The minimum absolute atomic E-state index is 0.227. The molecule has 0 aliphatic rings. The summed E-state index contributed by atoms with van der Waals surface area (Å²) in [6.07, 6.45) is 0.680. The first-order chi connectivity index (χ1) is 9.34. The van der Waals surface area contributed by atoms with Crippen LogP contribution in [-0.4, -0.2) is 32.5 Å². The molecule has 1 atom stereocenters. The SMILES string of the molecule is CCS(=O)(=O)CCC(CNC(C)C)c1cccc(C)c1. The fourth-order valence-electron chi connectivity index (χ4n) is 2.15. The number of rotatable bonds is 8. The Kier molecular flexibility index (Phi) is 6.69. The quantitative estimate of drug-likeness (QED) is 0.802. The van der Waals surface area contributed by atoms with Gasteiger partial charge < -0.3 is 5.32 Å². The molecule has 0 amide bonds. The zero-order valence-electron chi connectivity index (χ0n) is 13.0. The van der Waals surface area contributed by atoms with Gasteiger partial charge in [0.2, 0.25) is 0 Å². The Morgan fingerprint density at radius 2 is 1.95 bits per heavy atom. The maximum absolute atomic E-state index is 11.7. The van der Waals surface area contributed by atoms with E-state index >= 15 is 0 Å². The summed E-state index contributed by atoms with van der Waals surface area (Å²) >= 11 is 0. The van der Waals surface area contributed by atoms with Crippen molar-refractivity contribution in [3.63, 3.8) is 0 Å². The summed E-state index contributed by atoms with van der Waals surface area (Å²) in [4.78, 5) is 0. The Balaban J connectivity index is 2.80. The van der Waals surface area contributed by atoms with Crippen LogP contribution in [0.25, 0.3) is 0 Å². The molecule has 1 N–H and O–H groups in total. The van der Waals surface area contributed by atoms with Crippen molar-refractivity contribution in [2.75, 3.05) is 18.1 Å². The first-order valence-corrected chi connectivity index (χ1v) is 9.16. The number of sulfone groups is 1. The summed E-state index contributed by atoms with van der Waals surface area (Å²) in [5.74, 6) is 0.742. The van der Waals surface area contributed by atoms with Crippen molar-refractivity contribution in [1.82, 2.24) is 5.32 Å². The monoisotopic (exact) mass is 297 g/mol. The fourth-order valence-corrected chi connectivity index (χ4v) is 3.09. The molecule has 4 heteroatoms.